The molecule has 0 saturated carbocycles. The second kappa shape index (κ2) is 9.71. The van der Waals surface area contributed by atoms with Crippen LogP contribution in [-0.2, 0) is 12.2 Å². The number of aromatic amines is 1. The van der Waals surface area contributed by atoms with Crippen LogP contribution in [0.15, 0.2) is 47.6 Å². The molecule has 0 spiro atoms. The van der Waals surface area contributed by atoms with Gasteiger partial charge >= 0.3 is 0 Å². The van der Waals surface area contributed by atoms with Crippen LogP contribution >= 0.6 is 11.8 Å². The molecule has 0 amide bonds. The number of H-pyrrole nitrogens is 1. The lowest BCUT2D eigenvalue weighted by Crippen LogP contribution is -2.15. The van der Waals surface area contributed by atoms with E-state index in [2.05, 4.69) is 69.2 Å². The first-order valence-electron chi connectivity index (χ1n) is 11.6. The Labute approximate surface area is 206 Å². The summed E-state index contributed by atoms with van der Waals surface area (Å²) in [4.78, 5) is 13.3. The number of aryl methyl sites for hydroxylation is 2. The zero-order valence-electron chi connectivity index (χ0n) is 21.2. The molecule has 4 aromatic rings. The first-order valence-corrected chi connectivity index (χ1v) is 12.6. The van der Waals surface area contributed by atoms with Crippen molar-refractivity contribution in [1.29, 1.82) is 0 Å². The molecule has 0 radical (unpaired) electrons. The molecule has 0 unspecified atom stereocenters. The van der Waals surface area contributed by atoms with E-state index in [9.17, 15) is 0 Å². The van der Waals surface area contributed by atoms with Crippen LogP contribution in [0.2, 0.25) is 0 Å². The van der Waals surface area contributed by atoms with Crippen molar-refractivity contribution in [2.75, 3.05) is 19.5 Å². The minimum Gasteiger partial charge on any atom is -0.497 e. The van der Waals surface area contributed by atoms with Crippen LogP contribution in [0.1, 0.15) is 43.3 Å². The topological polar surface area (TPSA) is 62.8 Å². The Kier molecular flexibility index (Phi) is 6.89. The van der Waals surface area contributed by atoms with Gasteiger partial charge in [0.2, 0.25) is 0 Å². The number of hydrogen-bond donors (Lipinski definition) is 2. The second-order valence-corrected chi connectivity index (χ2v) is 10.9. The lowest BCUT2D eigenvalue weighted by atomic mass is 9.87. The van der Waals surface area contributed by atoms with Gasteiger partial charge in [0, 0.05) is 30.1 Å². The Balaban J connectivity index is 1.77. The number of anilines is 1. The molecule has 5 nitrogen and oxygen atoms in total. The third kappa shape index (κ3) is 5.22. The fourth-order valence-electron chi connectivity index (χ4n) is 4.22. The summed E-state index contributed by atoms with van der Waals surface area (Å²) in [6, 6.07) is 14.7. The lowest BCUT2D eigenvalue weighted by Gasteiger charge is -2.24. The molecule has 0 saturated heterocycles. The molecule has 34 heavy (non-hydrogen) atoms. The molecule has 0 aliphatic carbocycles. The first-order chi connectivity index (χ1) is 16.2. The standard InChI is InChI=1S/C28H34N4OS/c1-17-8-10-19(11-9-17)25-21(18(2)30-24(26(25)29-6)15-28(3,4)5)16-34-27-31-22-13-12-20(33-7)14-23(22)32-27/h8-14,29H,15-16H2,1-7H3,(H,31,32). The minimum atomic E-state index is 0.140. The molecule has 0 fully saturated rings. The number of aromatic nitrogens is 3. The summed E-state index contributed by atoms with van der Waals surface area (Å²) >= 11 is 1.70. The first kappa shape index (κ1) is 24.1. The molecular weight excluding hydrogens is 440 g/mol. The Morgan fingerprint density at radius 2 is 1.76 bits per heavy atom. The van der Waals surface area contributed by atoms with Crippen molar-refractivity contribution in [3.63, 3.8) is 0 Å². The third-order valence-electron chi connectivity index (χ3n) is 5.89. The van der Waals surface area contributed by atoms with Crippen LogP contribution < -0.4 is 10.1 Å². The number of thioether (sulfide) groups is 1. The molecule has 2 N–H and O–H groups in total. The summed E-state index contributed by atoms with van der Waals surface area (Å²) in [5.74, 6) is 1.59. The lowest BCUT2D eigenvalue weighted by molar-refractivity contribution is 0.406. The summed E-state index contributed by atoms with van der Waals surface area (Å²) in [7, 11) is 3.68. The number of rotatable bonds is 7. The van der Waals surface area contributed by atoms with Gasteiger partial charge in [-0.05, 0) is 48.9 Å². The Morgan fingerprint density at radius 3 is 2.41 bits per heavy atom. The Hall–Kier alpha value is -2.99. The average Bonchev–Trinajstić information content (AvgIpc) is 3.19. The second-order valence-electron chi connectivity index (χ2n) is 9.94. The number of nitrogens with zero attached hydrogens (tertiary/aromatic N) is 2. The highest BCUT2D eigenvalue weighted by Gasteiger charge is 2.22. The van der Waals surface area contributed by atoms with Gasteiger partial charge in [0.1, 0.15) is 5.75 Å². The maximum absolute atomic E-state index is 5.35. The smallest absolute Gasteiger partial charge is 0.166 e. The monoisotopic (exact) mass is 474 g/mol. The van der Waals surface area contributed by atoms with Crippen molar-refractivity contribution in [2.24, 2.45) is 5.41 Å². The summed E-state index contributed by atoms with van der Waals surface area (Å²) in [5, 5.41) is 4.38. The van der Waals surface area contributed by atoms with Gasteiger partial charge in [-0.3, -0.25) is 4.98 Å². The van der Waals surface area contributed by atoms with E-state index in [-0.39, 0.29) is 5.41 Å². The molecule has 0 atom stereocenters. The van der Waals surface area contributed by atoms with Crippen molar-refractivity contribution in [1.82, 2.24) is 15.0 Å². The number of ether oxygens (including phenoxy) is 1. The van der Waals surface area contributed by atoms with E-state index in [1.54, 1.807) is 18.9 Å². The van der Waals surface area contributed by atoms with Crippen molar-refractivity contribution >= 4 is 28.5 Å². The molecule has 178 valence electrons. The molecule has 0 aliphatic heterocycles. The van der Waals surface area contributed by atoms with E-state index in [4.69, 9.17) is 14.7 Å². The number of hydrogen-bond acceptors (Lipinski definition) is 5. The van der Waals surface area contributed by atoms with Gasteiger partial charge in [-0.25, -0.2) is 4.98 Å². The molecular formula is C28H34N4OS. The van der Waals surface area contributed by atoms with Gasteiger partial charge < -0.3 is 15.0 Å². The van der Waals surface area contributed by atoms with E-state index in [0.29, 0.717) is 0 Å². The molecule has 2 aromatic heterocycles. The zero-order valence-corrected chi connectivity index (χ0v) is 22.0. The molecule has 4 rings (SSSR count). The quantitative estimate of drug-likeness (QED) is 0.278. The number of nitrogens with one attached hydrogen (secondary N) is 2. The highest BCUT2D eigenvalue weighted by molar-refractivity contribution is 7.98. The van der Waals surface area contributed by atoms with Crippen molar-refractivity contribution in [3.8, 4) is 16.9 Å². The highest BCUT2D eigenvalue weighted by Crippen LogP contribution is 2.40. The fraction of sp³-hybridized carbons (Fsp3) is 0.357. The normalized spacial score (nSPS) is 11.7. The van der Waals surface area contributed by atoms with Crippen LogP contribution in [0, 0.1) is 19.3 Å². The molecule has 0 aliphatic rings. The van der Waals surface area contributed by atoms with Gasteiger partial charge in [0.25, 0.3) is 0 Å². The van der Waals surface area contributed by atoms with Gasteiger partial charge in [-0.15, -0.1) is 0 Å². The predicted octanol–water partition coefficient (Wildman–Crippen LogP) is 7.17. The van der Waals surface area contributed by atoms with Crippen LogP contribution in [0.25, 0.3) is 22.2 Å². The SMILES string of the molecule is CNc1c(CC(C)(C)C)nc(C)c(CSc2nc3ccc(OC)cc3[nH]2)c1-c1ccc(C)cc1. The number of benzene rings is 2. The zero-order chi connectivity index (χ0) is 24.5. The number of fused-ring (bicyclic) bond motifs is 1. The van der Waals surface area contributed by atoms with Crippen molar-refractivity contribution in [3.05, 3.63) is 65.0 Å². The van der Waals surface area contributed by atoms with E-state index in [1.807, 2.05) is 25.2 Å². The summed E-state index contributed by atoms with van der Waals surface area (Å²) in [5.41, 5.74) is 10.3. The van der Waals surface area contributed by atoms with E-state index < -0.39 is 0 Å². The van der Waals surface area contributed by atoms with Crippen LogP contribution in [0.3, 0.4) is 0 Å². The fourth-order valence-corrected chi connectivity index (χ4v) is 5.20. The Morgan fingerprint density at radius 1 is 1.03 bits per heavy atom. The third-order valence-corrected chi connectivity index (χ3v) is 6.79. The van der Waals surface area contributed by atoms with Gasteiger partial charge in [0.05, 0.1) is 29.5 Å². The maximum Gasteiger partial charge on any atom is 0.166 e. The number of imidazole rings is 1. The van der Waals surface area contributed by atoms with E-state index in [0.717, 1.165) is 51.2 Å². The van der Waals surface area contributed by atoms with Crippen LogP contribution in [0.5, 0.6) is 5.75 Å². The average molecular weight is 475 g/mol. The molecule has 6 heteroatoms. The Bertz CT molecular complexity index is 1300. The summed E-state index contributed by atoms with van der Waals surface area (Å²) < 4.78 is 5.35. The van der Waals surface area contributed by atoms with E-state index in [1.165, 1.54) is 22.3 Å². The van der Waals surface area contributed by atoms with Crippen LogP contribution in [0.4, 0.5) is 5.69 Å². The van der Waals surface area contributed by atoms with Crippen molar-refractivity contribution in [2.45, 2.75) is 51.9 Å². The minimum absolute atomic E-state index is 0.140. The van der Waals surface area contributed by atoms with Crippen molar-refractivity contribution < 1.29 is 4.74 Å². The number of methoxy groups -OCH3 is 1. The van der Waals surface area contributed by atoms with Gasteiger partial charge in [-0.2, -0.15) is 0 Å². The number of pyridine rings is 1. The molecule has 2 aromatic carbocycles. The summed E-state index contributed by atoms with van der Waals surface area (Å²) in [6.45, 7) is 11.0. The van der Waals surface area contributed by atoms with Crippen LogP contribution in [-0.4, -0.2) is 29.1 Å². The van der Waals surface area contributed by atoms with Gasteiger partial charge in [0.15, 0.2) is 5.16 Å². The largest absolute Gasteiger partial charge is 0.497 e. The molecule has 2 heterocycles. The maximum atomic E-state index is 5.35. The predicted molar refractivity (Wildman–Crippen MR) is 144 cm³/mol. The summed E-state index contributed by atoms with van der Waals surface area (Å²) in [6.07, 6.45) is 0.904. The highest BCUT2D eigenvalue weighted by atomic mass is 32.2. The van der Waals surface area contributed by atoms with E-state index >= 15 is 0 Å². The van der Waals surface area contributed by atoms with Gasteiger partial charge in [-0.1, -0.05) is 62.4 Å². The molecule has 0 bridgehead atoms.